The van der Waals surface area contributed by atoms with E-state index in [4.69, 9.17) is 19.4 Å². The molecule has 178 valence electrons. The van der Waals surface area contributed by atoms with Crippen molar-refractivity contribution < 1.29 is 37.3 Å². The van der Waals surface area contributed by atoms with Crippen LogP contribution < -0.4 is 4.74 Å². The second-order valence-corrected chi connectivity index (χ2v) is 8.49. The van der Waals surface area contributed by atoms with Crippen LogP contribution in [0.2, 0.25) is 0 Å². The minimum absolute atomic E-state index is 0.122. The highest BCUT2D eigenvalue weighted by molar-refractivity contribution is 5.95. The summed E-state index contributed by atoms with van der Waals surface area (Å²) < 4.78 is 42.8. The molecule has 3 fully saturated rings. The van der Waals surface area contributed by atoms with Crippen molar-refractivity contribution in [3.63, 3.8) is 0 Å². The molecule has 32 heavy (non-hydrogen) atoms. The minimum Gasteiger partial charge on any atom is -0.497 e. The predicted octanol–water partition coefficient (Wildman–Crippen LogP) is 2.90. The van der Waals surface area contributed by atoms with Gasteiger partial charge in [-0.2, -0.15) is 13.2 Å². The number of benzene rings is 1. The van der Waals surface area contributed by atoms with Crippen molar-refractivity contribution in [1.82, 2.24) is 9.80 Å². The highest BCUT2D eigenvalue weighted by Gasteiger charge is 2.46. The lowest BCUT2D eigenvalue weighted by Crippen LogP contribution is -2.53. The maximum Gasteiger partial charge on any atom is 0.490 e. The summed E-state index contributed by atoms with van der Waals surface area (Å²) >= 11 is 0. The van der Waals surface area contributed by atoms with E-state index in [1.807, 2.05) is 31.4 Å². The average molecular weight is 458 g/mol. The lowest BCUT2D eigenvalue weighted by atomic mass is 9.88. The summed E-state index contributed by atoms with van der Waals surface area (Å²) in [5.41, 5.74) is 0.717. The molecule has 1 aromatic carbocycles. The molecular formula is C22H29F3N2O5. The van der Waals surface area contributed by atoms with E-state index < -0.39 is 12.1 Å². The summed E-state index contributed by atoms with van der Waals surface area (Å²) in [4.78, 5) is 26.7. The highest BCUT2D eigenvalue weighted by atomic mass is 19.4. The maximum absolute atomic E-state index is 13.2. The number of carbonyl (C=O) groups is 2. The average Bonchev–Trinajstić information content (AvgIpc) is 3.47. The number of hydrogen-bond donors (Lipinski definition) is 1. The summed E-state index contributed by atoms with van der Waals surface area (Å²) in [7, 11) is 3.45. The second kappa shape index (κ2) is 10.1. The number of carbonyl (C=O) groups excluding carboxylic acids is 1. The van der Waals surface area contributed by atoms with E-state index in [0.29, 0.717) is 5.92 Å². The fourth-order valence-corrected chi connectivity index (χ4v) is 4.52. The van der Waals surface area contributed by atoms with Crippen LogP contribution in [0, 0.1) is 11.8 Å². The van der Waals surface area contributed by atoms with E-state index >= 15 is 0 Å². The number of likely N-dealkylation sites (tertiary alicyclic amines) is 2. The first-order valence-electron chi connectivity index (χ1n) is 10.6. The number of amides is 1. The third-order valence-electron chi connectivity index (χ3n) is 6.28. The molecule has 1 saturated carbocycles. The van der Waals surface area contributed by atoms with Gasteiger partial charge in [-0.25, -0.2) is 4.79 Å². The topological polar surface area (TPSA) is 79.3 Å². The van der Waals surface area contributed by atoms with Gasteiger partial charge in [0.1, 0.15) is 5.75 Å². The Morgan fingerprint density at radius 1 is 1.16 bits per heavy atom. The quantitative estimate of drug-likeness (QED) is 0.731. The molecule has 3 aliphatic rings. The highest BCUT2D eigenvalue weighted by Crippen LogP contribution is 2.37. The Hall–Kier alpha value is -2.33. The van der Waals surface area contributed by atoms with E-state index in [2.05, 4.69) is 9.80 Å². The van der Waals surface area contributed by atoms with Gasteiger partial charge in [-0.1, -0.05) is 6.07 Å². The lowest BCUT2D eigenvalue weighted by Gasteiger charge is -2.41. The zero-order valence-electron chi connectivity index (χ0n) is 18.2. The van der Waals surface area contributed by atoms with Crippen molar-refractivity contribution in [2.24, 2.45) is 11.8 Å². The summed E-state index contributed by atoms with van der Waals surface area (Å²) in [6.07, 6.45) is -1.16. The molecule has 1 N–H and O–H groups in total. The molecule has 2 saturated heterocycles. The number of ether oxygens (including phenoxy) is 2. The van der Waals surface area contributed by atoms with Crippen molar-refractivity contribution >= 4 is 11.9 Å². The molecule has 2 heterocycles. The zero-order chi connectivity index (χ0) is 23.5. The Kier molecular flexibility index (Phi) is 7.66. The first-order chi connectivity index (χ1) is 15.1. The fourth-order valence-electron chi connectivity index (χ4n) is 4.52. The summed E-state index contributed by atoms with van der Waals surface area (Å²) in [5, 5.41) is 7.12. The molecule has 3 atom stereocenters. The molecule has 0 unspecified atom stereocenters. The van der Waals surface area contributed by atoms with Crippen molar-refractivity contribution in [3.8, 4) is 5.75 Å². The minimum atomic E-state index is -5.08. The Labute approximate surface area is 185 Å². The number of methoxy groups -OCH3 is 2. The molecule has 2 aliphatic heterocycles. The fraction of sp³-hybridized carbons (Fsp3) is 0.636. The van der Waals surface area contributed by atoms with Gasteiger partial charge in [0.15, 0.2) is 0 Å². The van der Waals surface area contributed by atoms with Crippen LogP contribution in [0.4, 0.5) is 13.2 Å². The second-order valence-electron chi connectivity index (χ2n) is 8.49. The SMILES string of the molecule is COc1cccc(C(=O)N2CC[C@H](OC)[C@H]3CN(CC4CC4)C[C@H]32)c1.O=C(O)C(F)(F)F. The molecule has 0 bridgehead atoms. The smallest absolute Gasteiger partial charge is 0.490 e. The molecule has 1 amide bonds. The Bertz CT molecular complexity index is 815. The number of fused-ring (bicyclic) bond motifs is 1. The van der Waals surface area contributed by atoms with Crippen LogP contribution in [0.3, 0.4) is 0 Å². The zero-order valence-corrected chi connectivity index (χ0v) is 18.2. The van der Waals surface area contributed by atoms with Crippen molar-refractivity contribution in [3.05, 3.63) is 29.8 Å². The van der Waals surface area contributed by atoms with Gasteiger partial charge in [0.05, 0.1) is 19.3 Å². The van der Waals surface area contributed by atoms with Crippen LogP contribution in [0.5, 0.6) is 5.75 Å². The van der Waals surface area contributed by atoms with Crippen LogP contribution in [0.1, 0.15) is 29.6 Å². The molecule has 1 aliphatic carbocycles. The Morgan fingerprint density at radius 2 is 1.84 bits per heavy atom. The Morgan fingerprint density at radius 3 is 2.41 bits per heavy atom. The molecule has 4 rings (SSSR count). The van der Waals surface area contributed by atoms with E-state index in [9.17, 15) is 18.0 Å². The largest absolute Gasteiger partial charge is 0.497 e. The number of halogens is 3. The van der Waals surface area contributed by atoms with Crippen LogP contribution in [-0.4, -0.2) is 85.5 Å². The third-order valence-corrected chi connectivity index (χ3v) is 6.28. The number of piperidine rings is 1. The monoisotopic (exact) mass is 458 g/mol. The van der Waals surface area contributed by atoms with Gasteiger partial charge >= 0.3 is 12.1 Å². The van der Waals surface area contributed by atoms with Crippen LogP contribution in [0.25, 0.3) is 0 Å². The molecule has 10 heteroatoms. The van der Waals surface area contributed by atoms with E-state index in [-0.39, 0.29) is 18.1 Å². The molecule has 7 nitrogen and oxygen atoms in total. The van der Waals surface area contributed by atoms with Crippen LogP contribution in [-0.2, 0) is 9.53 Å². The van der Waals surface area contributed by atoms with Gasteiger partial charge in [-0.05, 0) is 43.4 Å². The number of alkyl halides is 3. The van der Waals surface area contributed by atoms with Gasteiger partial charge in [-0.15, -0.1) is 0 Å². The van der Waals surface area contributed by atoms with Gasteiger partial charge in [0.2, 0.25) is 0 Å². The van der Waals surface area contributed by atoms with Crippen molar-refractivity contribution in [1.29, 1.82) is 0 Å². The van der Waals surface area contributed by atoms with Gasteiger partial charge < -0.3 is 24.4 Å². The molecule has 0 radical (unpaired) electrons. The van der Waals surface area contributed by atoms with Gasteiger partial charge in [0, 0.05) is 44.8 Å². The molecule has 0 spiro atoms. The van der Waals surface area contributed by atoms with Crippen molar-refractivity contribution in [2.75, 3.05) is 40.4 Å². The summed E-state index contributed by atoms with van der Waals surface area (Å²) in [6.45, 7) is 4.00. The predicted molar refractivity (Wildman–Crippen MR) is 110 cm³/mol. The number of rotatable bonds is 5. The van der Waals surface area contributed by atoms with Gasteiger partial charge in [-0.3, -0.25) is 4.79 Å². The maximum atomic E-state index is 13.2. The van der Waals surface area contributed by atoms with Gasteiger partial charge in [0.25, 0.3) is 5.91 Å². The number of carboxylic acids is 1. The summed E-state index contributed by atoms with van der Waals surface area (Å²) in [6, 6.07) is 7.76. The number of nitrogens with zero attached hydrogens (tertiary/aromatic N) is 2. The van der Waals surface area contributed by atoms with E-state index in [0.717, 1.165) is 43.3 Å². The third kappa shape index (κ3) is 5.92. The van der Waals surface area contributed by atoms with Crippen molar-refractivity contribution in [2.45, 2.75) is 37.6 Å². The van der Waals surface area contributed by atoms with E-state index in [1.54, 1.807) is 7.11 Å². The Balaban J connectivity index is 0.000000360. The molecule has 1 aromatic rings. The first kappa shape index (κ1) is 24.3. The normalized spacial score (nSPS) is 25.5. The standard InChI is InChI=1S/C20H28N2O3.C2HF3O2/c1-24-16-5-3-4-15(10-16)20(23)22-9-8-19(25-2)17-12-21(13-18(17)22)11-14-6-7-14;3-2(4,5)1(6)7/h3-5,10,14,17-19H,6-9,11-13H2,1-2H3;(H,6,7)/t17-,18+,19-;/m0./s1. The van der Waals surface area contributed by atoms with Crippen LogP contribution in [0.15, 0.2) is 24.3 Å². The first-order valence-corrected chi connectivity index (χ1v) is 10.6. The summed E-state index contributed by atoms with van der Waals surface area (Å²) in [5.74, 6) is -0.601. The molecule has 0 aromatic heterocycles. The van der Waals surface area contributed by atoms with Crippen LogP contribution >= 0.6 is 0 Å². The number of hydrogen-bond acceptors (Lipinski definition) is 5. The molecular weight excluding hydrogens is 429 g/mol. The number of aliphatic carboxylic acids is 1. The lowest BCUT2D eigenvalue weighted by molar-refractivity contribution is -0.192. The van der Waals surface area contributed by atoms with E-state index in [1.165, 1.54) is 19.4 Å². The number of carboxylic acid groups (broad SMARTS) is 1.